The Kier molecular flexibility index (Phi) is 5.26. The maximum absolute atomic E-state index is 12.3. The van der Waals surface area contributed by atoms with Crippen LogP contribution in [-0.2, 0) is 15.7 Å². The zero-order valence-corrected chi connectivity index (χ0v) is 16.3. The normalized spacial score (nSPS) is 12.1. The van der Waals surface area contributed by atoms with Crippen LogP contribution in [0.3, 0.4) is 0 Å². The molecular formula is C20H29N3O2. The summed E-state index contributed by atoms with van der Waals surface area (Å²) < 4.78 is 7.44. The first-order chi connectivity index (χ1) is 11.5. The lowest BCUT2D eigenvalue weighted by atomic mass is 9.92. The third kappa shape index (κ3) is 5.08. The molecule has 0 bridgehead atoms. The highest BCUT2D eigenvalue weighted by molar-refractivity contribution is 5.91. The average molecular weight is 343 g/mol. The van der Waals surface area contributed by atoms with E-state index in [-0.39, 0.29) is 23.5 Å². The van der Waals surface area contributed by atoms with E-state index in [4.69, 9.17) is 9.84 Å². The lowest BCUT2D eigenvalue weighted by Crippen LogP contribution is -2.28. The SMILES string of the molecule is Cc1cccc(OCC(=O)Nc2cc(C(C)(C)C)nn2C(C)(C)C)c1. The molecule has 0 spiro atoms. The molecule has 0 fully saturated rings. The van der Waals surface area contributed by atoms with Crippen LogP contribution in [0.15, 0.2) is 30.3 Å². The summed E-state index contributed by atoms with van der Waals surface area (Å²) in [7, 11) is 0. The molecule has 1 amide bonds. The van der Waals surface area contributed by atoms with Crippen LogP contribution in [0.1, 0.15) is 52.8 Å². The van der Waals surface area contributed by atoms with Gasteiger partial charge in [-0.3, -0.25) is 4.79 Å². The Hall–Kier alpha value is -2.30. The first kappa shape index (κ1) is 19.0. The summed E-state index contributed by atoms with van der Waals surface area (Å²) in [4.78, 5) is 12.3. The number of hydrogen-bond acceptors (Lipinski definition) is 3. The third-order valence-corrected chi connectivity index (χ3v) is 3.74. The van der Waals surface area contributed by atoms with E-state index >= 15 is 0 Å². The minimum Gasteiger partial charge on any atom is -0.484 e. The molecule has 1 aromatic heterocycles. The van der Waals surface area contributed by atoms with Gasteiger partial charge < -0.3 is 10.1 Å². The topological polar surface area (TPSA) is 56.1 Å². The molecule has 0 unspecified atom stereocenters. The van der Waals surface area contributed by atoms with Crippen molar-refractivity contribution in [2.75, 3.05) is 11.9 Å². The molecule has 1 aromatic carbocycles. The summed E-state index contributed by atoms with van der Waals surface area (Å²) in [5.41, 5.74) is 1.72. The van der Waals surface area contributed by atoms with E-state index in [9.17, 15) is 4.79 Å². The lowest BCUT2D eigenvalue weighted by Gasteiger charge is -2.23. The van der Waals surface area contributed by atoms with Crippen LogP contribution in [0.4, 0.5) is 5.82 Å². The Bertz CT molecular complexity index is 749. The number of anilines is 1. The van der Waals surface area contributed by atoms with Crippen LogP contribution in [0.25, 0.3) is 0 Å². The van der Waals surface area contributed by atoms with Crippen molar-refractivity contribution in [1.29, 1.82) is 0 Å². The van der Waals surface area contributed by atoms with Gasteiger partial charge in [-0.2, -0.15) is 5.10 Å². The molecular weight excluding hydrogens is 314 g/mol. The van der Waals surface area contributed by atoms with E-state index in [0.717, 1.165) is 11.3 Å². The van der Waals surface area contributed by atoms with Gasteiger partial charge in [0.05, 0.1) is 11.2 Å². The predicted molar refractivity (Wildman–Crippen MR) is 101 cm³/mol. The third-order valence-electron chi connectivity index (χ3n) is 3.74. The van der Waals surface area contributed by atoms with Crippen LogP contribution < -0.4 is 10.1 Å². The summed E-state index contributed by atoms with van der Waals surface area (Å²) in [6.07, 6.45) is 0. The number of carbonyl (C=O) groups excluding carboxylic acids is 1. The van der Waals surface area contributed by atoms with Crippen LogP contribution >= 0.6 is 0 Å². The molecule has 0 radical (unpaired) electrons. The minimum absolute atomic E-state index is 0.0381. The maximum atomic E-state index is 12.3. The molecule has 2 aromatic rings. The van der Waals surface area contributed by atoms with Gasteiger partial charge in [0.25, 0.3) is 5.91 Å². The lowest BCUT2D eigenvalue weighted by molar-refractivity contribution is -0.118. The number of carbonyl (C=O) groups is 1. The molecule has 0 saturated heterocycles. The van der Waals surface area contributed by atoms with Crippen LogP contribution in [-0.4, -0.2) is 22.3 Å². The number of hydrogen-bond donors (Lipinski definition) is 1. The summed E-state index contributed by atoms with van der Waals surface area (Å²) in [6, 6.07) is 9.59. The van der Waals surface area contributed by atoms with Crippen molar-refractivity contribution >= 4 is 11.7 Å². The van der Waals surface area contributed by atoms with Crippen molar-refractivity contribution in [3.63, 3.8) is 0 Å². The standard InChI is InChI=1S/C20H29N3O2/c1-14-9-8-10-15(11-14)25-13-18(24)21-17-12-16(19(2,3)4)22-23(17)20(5,6)7/h8-12H,13H2,1-7H3,(H,21,24). The van der Waals surface area contributed by atoms with Crippen molar-refractivity contribution in [3.8, 4) is 5.75 Å². The van der Waals surface area contributed by atoms with Gasteiger partial charge in [-0.25, -0.2) is 4.68 Å². The van der Waals surface area contributed by atoms with E-state index in [1.54, 1.807) is 0 Å². The minimum atomic E-state index is -0.233. The highest BCUT2D eigenvalue weighted by Crippen LogP contribution is 2.28. The quantitative estimate of drug-likeness (QED) is 0.902. The van der Waals surface area contributed by atoms with Gasteiger partial charge in [0.15, 0.2) is 6.61 Å². The zero-order chi connectivity index (χ0) is 18.8. The van der Waals surface area contributed by atoms with Crippen molar-refractivity contribution in [3.05, 3.63) is 41.6 Å². The first-order valence-corrected chi connectivity index (χ1v) is 8.57. The number of benzene rings is 1. The average Bonchev–Trinajstić information content (AvgIpc) is 2.89. The summed E-state index contributed by atoms with van der Waals surface area (Å²) in [6.45, 7) is 14.5. The van der Waals surface area contributed by atoms with Crippen LogP contribution in [0.5, 0.6) is 5.75 Å². The Balaban J connectivity index is 2.13. The summed E-state index contributed by atoms with van der Waals surface area (Å²) in [5, 5.41) is 7.63. The maximum Gasteiger partial charge on any atom is 0.263 e. The Morgan fingerprint density at radius 1 is 1.16 bits per heavy atom. The molecule has 1 N–H and O–H groups in total. The number of nitrogens with zero attached hydrogens (tertiary/aromatic N) is 2. The Labute approximate surface area is 150 Å². The number of rotatable bonds is 4. The molecule has 2 rings (SSSR count). The molecule has 0 atom stereocenters. The molecule has 0 aliphatic carbocycles. The first-order valence-electron chi connectivity index (χ1n) is 8.57. The van der Waals surface area contributed by atoms with Crippen LogP contribution in [0, 0.1) is 6.92 Å². The second-order valence-corrected chi connectivity index (χ2v) is 8.40. The van der Waals surface area contributed by atoms with Gasteiger partial charge in [0, 0.05) is 11.5 Å². The van der Waals surface area contributed by atoms with Gasteiger partial charge >= 0.3 is 0 Å². The number of ether oxygens (including phenoxy) is 1. The van der Waals surface area contributed by atoms with Gasteiger partial charge in [-0.1, -0.05) is 32.9 Å². The smallest absolute Gasteiger partial charge is 0.263 e. The van der Waals surface area contributed by atoms with E-state index in [0.29, 0.717) is 11.6 Å². The molecule has 5 nitrogen and oxygen atoms in total. The van der Waals surface area contributed by atoms with Crippen molar-refractivity contribution in [2.45, 2.75) is 59.4 Å². The predicted octanol–water partition coefficient (Wildman–Crippen LogP) is 4.26. The molecule has 0 aliphatic heterocycles. The molecule has 25 heavy (non-hydrogen) atoms. The second-order valence-electron chi connectivity index (χ2n) is 8.40. The van der Waals surface area contributed by atoms with E-state index in [2.05, 4.69) is 46.9 Å². The number of aromatic nitrogens is 2. The molecule has 1 heterocycles. The molecule has 5 heteroatoms. The van der Waals surface area contributed by atoms with E-state index in [1.165, 1.54) is 0 Å². The fourth-order valence-corrected chi connectivity index (χ4v) is 2.38. The van der Waals surface area contributed by atoms with Crippen molar-refractivity contribution in [2.24, 2.45) is 0 Å². The van der Waals surface area contributed by atoms with Gasteiger partial charge in [-0.15, -0.1) is 0 Å². The van der Waals surface area contributed by atoms with Crippen molar-refractivity contribution in [1.82, 2.24) is 9.78 Å². The van der Waals surface area contributed by atoms with Gasteiger partial charge in [0.1, 0.15) is 11.6 Å². The Morgan fingerprint density at radius 3 is 2.40 bits per heavy atom. The van der Waals surface area contributed by atoms with Crippen molar-refractivity contribution < 1.29 is 9.53 Å². The highest BCUT2D eigenvalue weighted by Gasteiger charge is 2.25. The molecule has 136 valence electrons. The largest absolute Gasteiger partial charge is 0.484 e. The number of nitrogens with one attached hydrogen (secondary N) is 1. The molecule has 0 aliphatic rings. The summed E-state index contributed by atoms with van der Waals surface area (Å²) >= 11 is 0. The van der Waals surface area contributed by atoms with E-state index < -0.39 is 0 Å². The summed E-state index contributed by atoms with van der Waals surface area (Å²) in [5.74, 6) is 1.18. The number of amides is 1. The Morgan fingerprint density at radius 2 is 1.84 bits per heavy atom. The van der Waals surface area contributed by atoms with Gasteiger partial charge in [-0.05, 0) is 45.4 Å². The van der Waals surface area contributed by atoms with Crippen LogP contribution in [0.2, 0.25) is 0 Å². The zero-order valence-electron chi connectivity index (χ0n) is 16.3. The fourth-order valence-electron chi connectivity index (χ4n) is 2.38. The van der Waals surface area contributed by atoms with E-state index in [1.807, 2.05) is 41.9 Å². The molecule has 0 saturated carbocycles. The fraction of sp³-hybridized carbons (Fsp3) is 0.500. The monoisotopic (exact) mass is 343 g/mol. The number of aryl methyl sites for hydroxylation is 1. The van der Waals surface area contributed by atoms with Gasteiger partial charge in [0.2, 0.25) is 0 Å². The highest BCUT2D eigenvalue weighted by atomic mass is 16.5. The second kappa shape index (κ2) is 6.90.